The second-order valence-corrected chi connectivity index (χ2v) is 8.19. The average molecular weight is 440 g/mol. The van der Waals surface area contributed by atoms with E-state index in [9.17, 15) is 4.79 Å². The molecule has 3 rings (SSSR count). The van der Waals surface area contributed by atoms with Crippen LogP contribution in [0.4, 0.5) is 10.5 Å². The number of benzene rings is 2. The van der Waals surface area contributed by atoms with Crippen LogP contribution in [0.5, 0.6) is 0 Å². The molecule has 4 nitrogen and oxygen atoms in total. The Bertz CT molecular complexity index is 931. The molecular weight excluding hydrogens is 414 g/mol. The maximum atomic E-state index is 12.9. The zero-order valence-electron chi connectivity index (χ0n) is 16.5. The van der Waals surface area contributed by atoms with E-state index in [-0.39, 0.29) is 12.1 Å². The first-order valence-corrected chi connectivity index (χ1v) is 10.2. The monoisotopic (exact) mass is 439 g/mol. The van der Waals surface area contributed by atoms with Crippen molar-refractivity contribution in [2.45, 2.75) is 39.9 Å². The van der Waals surface area contributed by atoms with E-state index in [4.69, 9.17) is 0 Å². The Kier molecular flexibility index (Phi) is 6.57. The number of hydrogen-bond acceptors (Lipinski definition) is 1. The van der Waals surface area contributed by atoms with Crippen LogP contribution >= 0.6 is 15.9 Å². The van der Waals surface area contributed by atoms with Crippen LogP contribution in [0.25, 0.3) is 0 Å². The maximum absolute atomic E-state index is 12.9. The molecule has 28 heavy (non-hydrogen) atoms. The molecule has 1 N–H and O–H groups in total. The summed E-state index contributed by atoms with van der Waals surface area (Å²) in [5, 5.41) is 3.00. The van der Waals surface area contributed by atoms with Crippen LogP contribution in [0.15, 0.2) is 71.3 Å². The molecule has 0 spiro atoms. The van der Waals surface area contributed by atoms with E-state index in [1.807, 2.05) is 49.1 Å². The number of hydrogen-bond donors (Lipinski definition) is 1. The Morgan fingerprint density at radius 1 is 1.11 bits per heavy atom. The van der Waals surface area contributed by atoms with Crippen LogP contribution in [-0.2, 0) is 13.1 Å². The molecule has 0 radical (unpaired) electrons. The first kappa shape index (κ1) is 20.2. The Hall–Kier alpha value is -2.53. The fourth-order valence-corrected chi connectivity index (χ4v) is 3.46. The SMILES string of the molecule is Cc1ccc(Cn2cccc2CN(C(=O)Nc2cccc(Br)c2)C(C)C)cc1. The minimum absolute atomic E-state index is 0.0786. The molecule has 1 heterocycles. The summed E-state index contributed by atoms with van der Waals surface area (Å²) in [6.07, 6.45) is 2.07. The summed E-state index contributed by atoms with van der Waals surface area (Å²) in [5.74, 6) is 0. The van der Waals surface area contributed by atoms with Crippen molar-refractivity contribution in [1.82, 2.24) is 9.47 Å². The quantitative estimate of drug-likeness (QED) is 0.498. The number of aryl methyl sites for hydroxylation is 1. The number of aromatic nitrogens is 1. The van der Waals surface area contributed by atoms with E-state index in [2.05, 4.69) is 69.3 Å². The lowest BCUT2D eigenvalue weighted by atomic mass is 10.1. The molecule has 0 unspecified atom stereocenters. The number of nitrogens with zero attached hydrogens (tertiary/aromatic N) is 2. The molecule has 0 aliphatic rings. The highest BCUT2D eigenvalue weighted by Gasteiger charge is 2.19. The van der Waals surface area contributed by atoms with Gasteiger partial charge in [-0.1, -0.05) is 51.8 Å². The summed E-state index contributed by atoms with van der Waals surface area (Å²) in [6.45, 7) is 7.51. The van der Waals surface area contributed by atoms with E-state index < -0.39 is 0 Å². The minimum Gasteiger partial charge on any atom is -0.345 e. The summed E-state index contributed by atoms with van der Waals surface area (Å²) in [4.78, 5) is 14.7. The van der Waals surface area contributed by atoms with Crippen molar-refractivity contribution in [3.05, 3.63) is 88.2 Å². The third-order valence-electron chi connectivity index (χ3n) is 4.69. The Balaban J connectivity index is 1.73. The van der Waals surface area contributed by atoms with E-state index in [1.165, 1.54) is 11.1 Å². The van der Waals surface area contributed by atoms with Crippen molar-refractivity contribution >= 4 is 27.6 Å². The summed E-state index contributed by atoms with van der Waals surface area (Å²) in [7, 11) is 0. The predicted octanol–water partition coefficient (Wildman–Crippen LogP) is 6.05. The Labute approximate surface area is 175 Å². The van der Waals surface area contributed by atoms with Crippen molar-refractivity contribution < 1.29 is 4.79 Å². The molecule has 146 valence electrons. The van der Waals surface area contributed by atoms with Crippen LogP contribution in [0.3, 0.4) is 0 Å². The van der Waals surface area contributed by atoms with Crippen LogP contribution in [-0.4, -0.2) is 21.5 Å². The van der Waals surface area contributed by atoms with Gasteiger partial charge < -0.3 is 14.8 Å². The van der Waals surface area contributed by atoms with Crippen molar-refractivity contribution in [3.63, 3.8) is 0 Å². The highest BCUT2D eigenvalue weighted by Crippen LogP contribution is 2.18. The lowest BCUT2D eigenvalue weighted by Gasteiger charge is -2.27. The number of carbonyl (C=O) groups is 1. The topological polar surface area (TPSA) is 37.3 Å². The molecule has 2 amide bonds. The number of rotatable bonds is 6. The van der Waals surface area contributed by atoms with Gasteiger partial charge in [0.15, 0.2) is 0 Å². The third-order valence-corrected chi connectivity index (χ3v) is 5.18. The molecular formula is C23H26BrN3O. The third kappa shape index (κ3) is 5.26. The molecule has 0 fully saturated rings. The second-order valence-electron chi connectivity index (χ2n) is 7.28. The van der Waals surface area contributed by atoms with Gasteiger partial charge >= 0.3 is 6.03 Å². The zero-order valence-corrected chi connectivity index (χ0v) is 18.1. The summed E-state index contributed by atoms with van der Waals surface area (Å²) in [5.41, 5.74) is 4.39. The van der Waals surface area contributed by atoms with Crippen molar-refractivity contribution in [3.8, 4) is 0 Å². The van der Waals surface area contributed by atoms with Crippen LogP contribution < -0.4 is 5.32 Å². The van der Waals surface area contributed by atoms with Gasteiger partial charge in [-0.15, -0.1) is 0 Å². The highest BCUT2D eigenvalue weighted by atomic mass is 79.9. The first-order chi connectivity index (χ1) is 13.4. The Morgan fingerprint density at radius 2 is 1.86 bits per heavy atom. The smallest absolute Gasteiger partial charge is 0.322 e. The summed E-state index contributed by atoms with van der Waals surface area (Å²) >= 11 is 3.44. The van der Waals surface area contributed by atoms with Crippen LogP contribution in [0.2, 0.25) is 0 Å². The molecule has 3 aromatic rings. The number of halogens is 1. The van der Waals surface area contributed by atoms with Crippen molar-refractivity contribution in [2.75, 3.05) is 5.32 Å². The number of anilines is 1. The first-order valence-electron chi connectivity index (χ1n) is 9.45. The van der Waals surface area contributed by atoms with Crippen LogP contribution in [0, 0.1) is 6.92 Å². The van der Waals surface area contributed by atoms with Crippen LogP contribution in [0.1, 0.15) is 30.7 Å². The van der Waals surface area contributed by atoms with Gasteiger partial charge in [-0.3, -0.25) is 0 Å². The zero-order chi connectivity index (χ0) is 20.1. The molecule has 5 heteroatoms. The van der Waals surface area contributed by atoms with Gasteiger partial charge in [-0.05, 0) is 56.7 Å². The molecule has 1 aromatic heterocycles. The standard InChI is InChI=1S/C23H26BrN3O/c1-17(2)27(23(28)25-21-7-4-6-20(24)14-21)16-22-8-5-13-26(22)15-19-11-9-18(3)10-12-19/h4-14,17H,15-16H2,1-3H3,(H,25,28). The molecule has 0 aliphatic heterocycles. The van der Waals surface area contributed by atoms with Gasteiger partial charge in [0, 0.05) is 34.6 Å². The number of urea groups is 1. The molecule has 0 bridgehead atoms. The fourth-order valence-electron chi connectivity index (χ4n) is 3.06. The number of nitrogens with one attached hydrogen (secondary N) is 1. The maximum Gasteiger partial charge on any atom is 0.322 e. The summed E-state index contributed by atoms with van der Waals surface area (Å²) in [6, 6.07) is 20.3. The van der Waals surface area contributed by atoms with E-state index in [0.29, 0.717) is 6.54 Å². The van der Waals surface area contributed by atoms with E-state index >= 15 is 0 Å². The largest absolute Gasteiger partial charge is 0.345 e. The van der Waals surface area contributed by atoms with Crippen molar-refractivity contribution in [2.24, 2.45) is 0 Å². The van der Waals surface area contributed by atoms with Gasteiger partial charge in [0.25, 0.3) is 0 Å². The number of carbonyl (C=O) groups excluding carboxylic acids is 1. The van der Waals surface area contributed by atoms with Gasteiger partial charge in [0.05, 0.1) is 6.54 Å². The molecule has 0 saturated heterocycles. The normalized spacial score (nSPS) is 10.9. The average Bonchev–Trinajstić information content (AvgIpc) is 3.08. The van der Waals surface area contributed by atoms with E-state index in [0.717, 1.165) is 22.4 Å². The van der Waals surface area contributed by atoms with Gasteiger partial charge in [-0.25, -0.2) is 4.79 Å². The summed E-state index contributed by atoms with van der Waals surface area (Å²) < 4.78 is 3.14. The molecule has 2 aromatic carbocycles. The molecule has 0 atom stereocenters. The highest BCUT2D eigenvalue weighted by molar-refractivity contribution is 9.10. The lowest BCUT2D eigenvalue weighted by molar-refractivity contribution is 0.192. The Morgan fingerprint density at radius 3 is 2.54 bits per heavy atom. The van der Waals surface area contributed by atoms with Crippen molar-refractivity contribution in [1.29, 1.82) is 0 Å². The predicted molar refractivity (Wildman–Crippen MR) is 119 cm³/mol. The fraction of sp³-hybridized carbons (Fsp3) is 0.261. The number of amides is 2. The minimum atomic E-state index is -0.101. The van der Waals surface area contributed by atoms with Gasteiger partial charge in [0.2, 0.25) is 0 Å². The lowest BCUT2D eigenvalue weighted by Crippen LogP contribution is -2.40. The molecule has 0 aliphatic carbocycles. The van der Waals surface area contributed by atoms with Gasteiger partial charge in [0.1, 0.15) is 0 Å². The van der Waals surface area contributed by atoms with E-state index in [1.54, 1.807) is 0 Å². The molecule has 0 saturated carbocycles. The second kappa shape index (κ2) is 9.11. The van der Waals surface area contributed by atoms with Gasteiger partial charge in [-0.2, -0.15) is 0 Å².